The van der Waals surface area contributed by atoms with Crippen molar-refractivity contribution in [3.63, 3.8) is 0 Å². The Balaban J connectivity index is 2.09. The topological polar surface area (TPSA) is 34.1 Å². The van der Waals surface area contributed by atoms with Crippen molar-refractivity contribution in [2.45, 2.75) is 58.6 Å². The van der Waals surface area contributed by atoms with E-state index < -0.39 is 10.8 Å². The molecule has 2 nitrogen and oxygen atoms in total. The van der Waals surface area contributed by atoms with Crippen LogP contribution in [0.15, 0.2) is 12.1 Å². The van der Waals surface area contributed by atoms with Crippen LogP contribution in [0, 0.1) is 26.7 Å². The normalized spacial score (nSPS) is 23.8. The average Bonchev–Trinajstić information content (AvgIpc) is 2.37. The van der Waals surface area contributed by atoms with Gasteiger partial charge in [0.1, 0.15) is 0 Å². The van der Waals surface area contributed by atoms with Crippen LogP contribution >= 0.6 is 0 Å². The highest BCUT2D eigenvalue weighted by atomic mass is 32.2. The molecule has 1 aliphatic rings. The third-order valence-corrected chi connectivity index (χ3v) is 6.21. The Hall–Kier alpha value is -0.960. The SMILES string of the molecule is Cc1cc(C)c(C(=O)CS(=O)C2CCCC(C)C2)c(C)c1. The summed E-state index contributed by atoms with van der Waals surface area (Å²) in [7, 11) is -1.03. The predicted molar refractivity (Wildman–Crippen MR) is 89.4 cm³/mol. The zero-order valence-electron chi connectivity index (χ0n) is 13.6. The molecule has 1 fully saturated rings. The first-order chi connectivity index (χ1) is 9.88. The van der Waals surface area contributed by atoms with Crippen molar-refractivity contribution in [1.29, 1.82) is 0 Å². The first-order valence-electron chi connectivity index (χ1n) is 7.86. The Morgan fingerprint density at radius 2 is 1.81 bits per heavy atom. The van der Waals surface area contributed by atoms with E-state index in [1.54, 1.807) is 0 Å². The summed E-state index contributed by atoms with van der Waals surface area (Å²) in [5.74, 6) is 0.870. The zero-order chi connectivity index (χ0) is 15.6. The lowest BCUT2D eigenvalue weighted by atomic mass is 9.91. The standard InChI is InChI=1S/C18H26O2S/c1-12-6-5-7-16(10-12)21(20)11-17(19)18-14(3)8-13(2)9-15(18)4/h8-9,12,16H,5-7,10-11H2,1-4H3. The molecule has 0 heterocycles. The second kappa shape index (κ2) is 6.87. The number of carbonyl (C=O) groups is 1. The fourth-order valence-corrected chi connectivity index (χ4v) is 5.17. The second-order valence-corrected chi connectivity index (χ2v) is 8.33. The van der Waals surface area contributed by atoms with Crippen molar-refractivity contribution >= 4 is 16.6 Å². The summed E-state index contributed by atoms with van der Waals surface area (Å²) < 4.78 is 12.5. The summed E-state index contributed by atoms with van der Waals surface area (Å²) >= 11 is 0. The summed E-state index contributed by atoms with van der Waals surface area (Å²) in [4.78, 5) is 12.5. The molecule has 3 atom stereocenters. The molecule has 116 valence electrons. The number of Topliss-reactive ketones (excluding diaryl/α,β-unsaturated/α-hetero) is 1. The van der Waals surface area contributed by atoms with E-state index in [4.69, 9.17) is 0 Å². The van der Waals surface area contributed by atoms with Crippen molar-refractivity contribution in [3.8, 4) is 0 Å². The lowest BCUT2D eigenvalue weighted by molar-refractivity contribution is 0.102. The van der Waals surface area contributed by atoms with E-state index in [9.17, 15) is 9.00 Å². The molecule has 1 aromatic carbocycles. The van der Waals surface area contributed by atoms with Gasteiger partial charge in [-0.25, -0.2) is 0 Å². The van der Waals surface area contributed by atoms with E-state index in [1.165, 1.54) is 12.0 Å². The van der Waals surface area contributed by atoms with Gasteiger partial charge in [0.05, 0.1) is 5.75 Å². The molecule has 0 saturated heterocycles. The van der Waals surface area contributed by atoms with E-state index in [1.807, 2.05) is 32.9 Å². The minimum absolute atomic E-state index is 0.0431. The van der Waals surface area contributed by atoms with E-state index in [-0.39, 0.29) is 16.8 Å². The van der Waals surface area contributed by atoms with Gasteiger partial charge in [-0.1, -0.05) is 37.5 Å². The summed E-state index contributed by atoms with van der Waals surface area (Å²) in [6.45, 7) is 8.20. The van der Waals surface area contributed by atoms with Gasteiger partial charge in [-0.05, 0) is 50.7 Å². The number of hydrogen-bond donors (Lipinski definition) is 0. The van der Waals surface area contributed by atoms with Gasteiger partial charge in [-0.15, -0.1) is 0 Å². The zero-order valence-corrected chi connectivity index (χ0v) is 14.4. The molecule has 1 aromatic rings. The maximum atomic E-state index is 12.5. The van der Waals surface area contributed by atoms with Crippen molar-refractivity contribution in [2.24, 2.45) is 5.92 Å². The van der Waals surface area contributed by atoms with Crippen molar-refractivity contribution in [3.05, 3.63) is 34.4 Å². The van der Waals surface area contributed by atoms with Crippen LogP contribution in [0.1, 0.15) is 59.7 Å². The van der Waals surface area contributed by atoms with Crippen LogP contribution in [-0.2, 0) is 10.8 Å². The Kier molecular flexibility index (Phi) is 5.37. The third-order valence-electron chi connectivity index (χ3n) is 4.49. The highest BCUT2D eigenvalue weighted by molar-refractivity contribution is 7.86. The molecule has 0 aliphatic heterocycles. The summed E-state index contributed by atoms with van der Waals surface area (Å²) in [5, 5.41) is 0.212. The molecule has 2 rings (SSSR count). The van der Waals surface area contributed by atoms with Crippen LogP contribution in [0.3, 0.4) is 0 Å². The monoisotopic (exact) mass is 306 g/mol. The summed E-state index contributed by atoms with van der Waals surface area (Å²) in [6.07, 6.45) is 4.40. The van der Waals surface area contributed by atoms with Crippen LogP contribution in [0.4, 0.5) is 0 Å². The van der Waals surface area contributed by atoms with Gasteiger partial charge in [-0.3, -0.25) is 9.00 Å². The highest BCUT2D eigenvalue weighted by Gasteiger charge is 2.26. The molecule has 3 unspecified atom stereocenters. The van der Waals surface area contributed by atoms with Gasteiger partial charge in [0.2, 0.25) is 0 Å². The Bertz CT molecular complexity index is 539. The van der Waals surface area contributed by atoms with Crippen molar-refractivity contribution in [1.82, 2.24) is 0 Å². The fourth-order valence-electron chi connectivity index (χ4n) is 3.56. The molecule has 0 bridgehead atoms. The second-order valence-electron chi connectivity index (χ2n) is 6.62. The smallest absolute Gasteiger partial charge is 0.175 e. The van der Waals surface area contributed by atoms with E-state index in [0.717, 1.165) is 36.0 Å². The summed E-state index contributed by atoms with van der Waals surface area (Å²) in [5.41, 5.74) is 3.96. The lowest BCUT2D eigenvalue weighted by Gasteiger charge is -2.26. The summed E-state index contributed by atoms with van der Waals surface area (Å²) in [6, 6.07) is 4.07. The van der Waals surface area contributed by atoms with Gasteiger partial charge in [0.15, 0.2) is 5.78 Å². The lowest BCUT2D eigenvalue weighted by Crippen LogP contribution is -2.27. The number of carbonyl (C=O) groups excluding carboxylic acids is 1. The van der Waals surface area contributed by atoms with Crippen molar-refractivity contribution in [2.75, 3.05) is 5.75 Å². The van der Waals surface area contributed by atoms with Gasteiger partial charge in [0.25, 0.3) is 0 Å². The van der Waals surface area contributed by atoms with Gasteiger partial charge in [0, 0.05) is 21.6 Å². The van der Waals surface area contributed by atoms with E-state index in [2.05, 4.69) is 6.92 Å². The maximum Gasteiger partial charge on any atom is 0.175 e. The first-order valence-corrected chi connectivity index (χ1v) is 9.25. The number of benzene rings is 1. The minimum atomic E-state index is -1.03. The first kappa shape index (κ1) is 16.4. The minimum Gasteiger partial charge on any atom is -0.293 e. The molecular formula is C18H26O2S. The number of ketones is 1. The van der Waals surface area contributed by atoms with Gasteiger partial charge < -0.3 is 0 Å². The fraction of sp³-hybridized carbons (Fsp3) is 0.611. The van der Waals surface area contributed by atoms with Gasteiger partial charge in [-0.2, -0.15) is 0 Å². The van der Waals surface area contributed by atoms with Crippen LogP contribution < -0.4 is 0 Å². The maximum absolute atomic E-state index is 12.5. The molecule has 21 heavy (non-hydrogen) atoms. The molecule has 0 spiro atoms. The predicted octanol–water partition coefficient (Wildman–Crippen LogP) is 4.12. The molecule has 3 heteroatoms. The van der Waals surface area contributed by atoms with Crippen LogP contribution in [0.25, 0.3) is 0 Å². The van der Waals surface area contributed by atoms with Crippen LogP contribution in [0.5, 0.6) is 0 Å². The van der Waals surface area contributed by atoms with E-state index in [0.29, 0.717) is 5.92 Å². The Morgan fingerprint density at radius 3 is 2.38 bits per heavy atom. The van der Waals surface area contributed by atoms with Crippen molar-refractivity contribution < 1.29 is 9.00 Å². The number of rotatable bonds is 4. The molecule has 0 N–H and O–H groups in total. The largest absolute Gasteiger partial charge is 0.293 e. The quantitative estimate of drug-likeness (QED) is 0.784. The molecule has 1 aliphatic carbocycles. The van der Waals surface area contributed by atoms with Gasteiger partial charge >= 0.3 is 0 Å². The number of hydrogen-bond acceptors (Lipinski definition) is 2. The molecule has 0 aromatic heterocycles. The molecule has 0 radical (unpaired) electrons. The Labute approximate surface area is 130 Å². The van der Waals surface area contributed by atoms with Crippen LogP contribution in [-0.4, -0.2) is 21.0 Å². The highest BCUT2D eigenvalue weighted by Crippen LogP contribution is 2.27. The molecular weight excluding hydrogens is 280 g/mol. The third kappa shape index (κ3) is 4.03. The average molecular weight is 306 g/mol. The number of aryl methyl sites for hydroxylation is 3. The Morgan fingerprint density at radius 1 is 1.19 bits per heavy atom. The molecule has 1 saturated carbocycles. The van der Waals surface area contributed by atoms with E-state index >= 15 is 0 Å². The van der Waals surface area contributed by atoms with Crippen LogP contribution in [0.2, 0.25) is 0 Å². The molecule has 0 amide bonds.